The van der Waals surface area contributed by atoms with Crippen molar-refractivity contribution < 1.29 is 33.6 Å². The molecule has 0 aromatic heterocycles. The summed E-state index contributed by atoms with van der Waals surface area (Å²) in [5, 5.41) is 30.3. The predicted octanol–water partition coefficient (Wildman–Crippen LogP) is -0.664. The first-order valence-electron chi connectivity index (χ1n) is 6.01. The van der Waals surface area contributed by atoms with Gasteiger partial charge in [-0.25, -0.2) is 4.79 Å². The third-order valence-electron chi connectivity index (χ3n) is 3.32. The first-order valence-corrected chi connectivity index (χ1v) is 6.01. The lowest BCUT2D eigenvalue weighted by atomic mass is 10.1. The predicted molar refractivity (Wildman–Crippen MR) is 61.4 cm³/mol. The van der Waals surface area contributed by atoms with Gasteiger partial charge in [0.2, 0.25) is 6.23 Å². The molecule has 2 amide bonds. The Hall–Kier alpha value is -1.29. The molecule has 4 N–H and O–H groups in total. The smallest absolute Gasteiger partial charge is 0.325 e. The van der Waals surface area contributed by atoms with Crippen LogP contribution in [0.1, 0.15) is 13.8 Å². The molecule has 2 rings (SSSR count). The summed E-state index contributed by atoms with van der Waals surface area (Å²) in [5.41, 5.74) is 0.235. The van der Waals surface area contributed by atoms with Crippen LogP contribution in [0.2, 0.25) is 0 Å². The number of aliphatic hydroxyl groups excluding tert-OH is 3. The summed E-state index contributed by atoms with van der Waals surface area (Å²) in [5.74, 6) is -3.75. The van der Waals surface area contributed by atoms with Crippen LogP contribution in [0.4, 0.5) is 13.6 Å². The van der Waals surface area contributed by atoms with Crippen LogP contribution in [0.15, 0.2) is 11.8 Å². The molecule has 0 radical (unpaired) electrons. The topological polar surface area (TPSA) is 102 Å². The zero-order valence-electron chi connectivity index (χ0n) is 10.8. The fourth-order valence-electron chi connectivity index (χ4n) is 2.14. The number of urea groups is 1. The molecule has 0 saturated carbocycles. The maximum absolute atomic E-state index is 14.0. The Bertz CT molecular complexity index is 443. The molecule has 2 heterocycles. The van der Waals surface area contributed by atoms with E-state index < -0.39 is 42.7 Å². The van der Waals surface area contributed by atoms with Gasteiger partial charge >= 0.3 is 12.0 Å². The summed E-state index contributed by atoms with van der Waals surface area (Å²) in [6, 6.07) is -0.980. The van der Waals surface area contributed by atoms with Gasteiger partial charge in [0.05, 0.1) is 6.10 Å². The molecule has 0 aromatic rings. The number of nitrogens with one attached hydrogen (secondary N) is 1. The number of carbonyl (C=O) groups is 1. The van der Waals surface area contributed by atoms with Crippen molar-refractivity contribution >= 4 is 6.03 Å². The Kier molecular flexibility index (Phi) is 3.71. The standard InChI is InChI=1S/C11H16F2N2O5/c1-4-3-15(10(19)14-8(4)18)9-11(12,13)7(17)6(20-9)5(2)16/h3,5-9,16-18H,1-2H3,(H,14,19). The van der Waals surface area contributed by atoms with Gasteiger partial charge in [-0.3, -0.25) is 4.90 Å². The summed E-state index contributed by atoms with van der Waals surface area (Å²) >= 11 is 0. The number of carbonyl (C=O) groups excluding carboxylic acids is 1. The minimum atomic E-state index is -3.75. The Balaban J connectivity index is 2.31. The lowest BCUT2D eigenvalue weighted by Crippen LogP contribution is -2.56. The van der Waals surface area contributed by atoms with E-state index in [2.05, 4.69) is 5.32 Å². The lowest BCUT2D eigenvalue weighted by Gasteiger charge is -2.34. The molecule has 20 heavy (non-hydrogen) atoms. The highest BCUT2D eigenvalue weighted by Gasteiger charge is 2.62. The zero-order valence-corrected chi connectivity index (χ0v) is 10.8. The second-order valence-electron chi connectivity index (χ2n) is 4.95. The quantitative estimate of drug-likeness (QED) is 0.541. The monoisotopic (exact) mass is 294 g/mol. The number of ether oxygens (including phenoxy) is 1. The fraction of sp³-hybridized carbons (Fsp3) is 0.727. The van der Waals surface area contributed by atoms with E-state index in [0.717, 1.165) is 6.20 Å². The molecule has 5 unspecified atom stereocenters. The van der Waals surface area contributed by atoms with Crippen molar-refractivity contribution in [1.82, 2.24) is 10.2 Å². The van der Waals surface area contributed by atoms with Crippen LogP contribution >= 0.6 is 0 Å². The van der Waals surface area contributed by atoms with Gasteiger partial charge in [-0.15, -0.1) is 0 Å². The molecule has 0 bridgehead atoms. The van der Waals surface area contributed by atoms with E-state index in [9.17, 15) is 28.9 Å². The minimum Gasteiger partial charge on any atom is -0.391 e. The van der Waals surface area contributed by atoms with Crippen molar-refractivity contribution in [3.63, 3.8) is 0 Å². The van der Waals surface area contributed by atoms with Gasteiger partial charge in [-0.2, -0.15) is 8.78 Å². The van der Waals surface area contributed by atoms with Crippen molar-refractivity contribution in [2.45, 2.75) is 50.5 Å². The molecule has 1 fully saturated rings. The number of amides is 2. The number of rotatable bonds is 2. The molecule has 2 aliphatic heterocycles. The van der Waals surface area contributed by atoms with Gasteiger partial charge < -0.3 is 25.4 Å². The summed E-state index contributed by atoms with van der Waals surface area (Å²) in [6.45, 7) is 2.64. The van der Waals surface area contributed by atoms with Crippen LogP contribution in [-0.4, -0.2) is 62.9 Å². The SMILES string of the molecule is CC1=CN(C2OC(C(C)O)C(O)C2(F)F)C(=O)NC1O. The Labute approximate surface area is 113 Å². The average molecular weight is 294 g/mol. The van der Waals surface area contributed by atoms with Crippen LogP contribution in [0, 0.1) is 0 Å². The zero-order chi connectivity index (χ0) is 15.2. The molecular formula is C11H16F2N2O5. The largest absolute Gasteiger partial charge is 0.391 e. The van der Waals surface area contributed by atoms with Gasteiger partial charge in [-0.1, -0.05) is 0 Å². The Morgan fingerprint density at radius 1 is 1.50 bits per heavy atom. The summed E-state index contributed by atoms with van der Waals surface area (Å²) in [4.78, 5) is 12.2. The van der Waals surface area contributed by atoms with Crippen molar-refractivity contribution in [1.29, 1.82) is 0 Å². The Morgan fingerprint density at radius 2 is 2.10 bits per heavy atom. The molecule has 7 nitrogen and oxygen atoms in total. The second kappa shape index (κ2) is 4.92. The van der Waals surface area contributed by atoms with Crippen molar-refractivity contribution in [2.75, 3.05) is 0 Å². The molecule has 9 heteroatoms. The van der Waals surface area contributed by atoms with E-state index >= 15 is 0 Å². The van der Waals surface area contributed by atoms with E-state index in [-0.39, 0.29) is 5.57 Å². The van der Waals surface area contributed by atoms with Crippen LogP contribution in [0.3, 0.4) is 0 Å². The molecule has 5 atom stereocenters. The first-order chi connectivity index (χ1) is 9.16. The van der Waals surface area contributed by atoms with Crippen molar-refractivity contribution in [3.8, 4) is 0 Å². The van der Waals surface area contributed by atoms with Crippen molar-refractivity contribution in [2.24, 2.45) is 0 Å². The fourth-order valence-corrected chi connectivity index (χ4v) is 2.14. The minimum absolute atomic E-state index is 0.235. The normalized spacial score (nSPS) is 38.5. The van der Waals surface area contributed by atoms with E-state index in [1.165, 1.54) is 13.8 Å². The second-order valence-corrected chi connectivity index (χ2v) is 4.95. The number of hydrogen-bond donors (Lipinski definition) is 4. The van der Waals surface area contributed by atoms with E-state index in [1.54, 1.807) is 0 Å². The highest BCUT2D eigenvalue weighted by molar-refractivity contribution is 5.77. The molecule has 1 saturated heterocycles. The number of alkyl halides is 2. The number of nitrogens with zero attached hydrogens (tertiary/aromatic N) is 1. The third kappa shape index (κ3) is 2.26. The van der Waals surface area contributed by atoms with Crippen LogP contribution in [0.25, 0.3) is 0 Å². The first kappa shape index (κ1) is 15.1. The molecule has 0 aliphatic carbocycles. The van der Waals surface area contributed by atoms with Gasteiger partial charge in [0, 0.05) is 6.20 Å². The summed E-state index contributed by atoms with van der Waals surface area (Å²) in [6.07, 6.45) is -7.36. The molecule has 0 aromatic carbocycles. The number of aliphatic hydroxyl groups is 3. The maximum atomic E-state index is 14.0. The Morgan fingerprint density at radius 3 is 2.60 bits per heavy atom. The van der Waals surface area contributed by atoms with Crippen LogP contribution in [-0.2, 0) is 4.74 Å². The molecule has 114 valence electrons. The lowest BCUT2D eigenvalue weighted by molar-refractivity contribution is -0.147. The number of hydrogen-bond acceptors (Lipinski definition) is 5. The van der Waals surface area contributed by atoms with E-state index in [1.807, 2.05) is 0 Å². The summed E-state index contributed by atoms with van der Waals surface area (Å²) < 4.78 is 32.9. The number of halogens is 2. The van der Waals surface area contributed by atoms with Gasteiger partial charge in [0.25, 0.3) is 0 Å². The van der Waals surface area contributed by atoms with Gasteiger partial charge in [-0.05, 0) is 19.4 Å². The van der Waals surface area contributed by atoms with Crippen LogP contribution in [0.5, 0.6) is 0 Å². The van der Waals surface area contributed by atoms with Crippen molar-refractivity contribution in [3.05, 3.63) is 11.8 Å². The summed E-state index contributed by atoms with van der Waals surface area (Å²) in [7, 11) is 0. The third-order valence-corrected chi connectivity index (χ3v) is 3.32. The highest BCUT2D eigenvalue weighted by Crippen LogP contribution is 2.40. The van der Waals surface area contributed by atoms with E-state index in [0.29, 0.717) is 4.90 Å². The highest BCUT2D eigenvalue weighted by atomic mass is 19.3. The molecule has 2 aliphatic rings. The molecular weight excluding hydrogens is 278 g/mol. The molecule has 0 spiro atoms. The van der Waals surface area contributed by atoms with Gasteiger partial charge in [0.15, 0.2) is 12.3 Å². The van der Waals surface area contributed by atoms with E-state index in [4.69, 9.17) is 4.74 Å². The van der Waals surface area contributed by atoms with Crippen LogP contribution < -0.4 is 5.32 Å². The van der Waals surface area contributed by atoms with Gasteiger partial charge in [0.1, 0.15) is 6.10 Å². The maximum Gasteiger partial charge on any atom is 0.325 e. The average Bonchev–Trinajstić information content (AvgIpc) is 2.56.